The van der Waals surface area contributed by atoms with Gasteiger partial charge in [-0.15, -0.1) is 0 Å². The van der Waals surface area contributed by atoms with E-state index in [1.165, 1.54) is 10.9 Å². The normalized spacial score (nSPS) is 20.4. The van der Waals surface area contributed by atoms with Crippen molar-refractivity contribution in [2.45, 2.75) is 51.2 Å². The van der Waals surface area contributed by atoms with E-state index in [4.69, 9.17) is 4.74 Å². The van der Waals surface area contributed by atoms with Crippen LogP contribution in [0.2, 0.25) is 0 Å². The van der Waals surface area contributed by atoms with E-state index in [2.05, 4.69) is 22.5 Å². The van der Waals surface area contributed by atoms with Gasteiger partial charge in [0.05, 0.1) is 16.6 Å². The first-order valence-corrected chi connectivity index (χ1v) is 11.3. The van der Waals surface area contributed by atoms with E-state index >= 15 is 0 Å². The fraction of sp³-hybridized carbons (Fsp3) is 0.400. The van der Waals surface area contributed by atoms with Gasteiger partial charge < -0.3 is 15.4 Å². The van der Waals surface area contributed by atoms with Crippen molar-refractivity contribution in [1.82, 2.24) is 20.2 Å². The quantitative estimate of drug-likeness (QED) is 0.625. The molecule has 32 heavy (non-hydrogen) atoms. The Balaban J connectivity index is 1.53. The van der Waals surface area contributed by atoms with Crippen LogP contribution in [0.5, 0.6) is 5.75 Å². The lowest BCUT2D eigenvalue weighted by Gasteiger charge is -2.28. The van der Waals surface area contributed by atoms with Crippen LogP contribution in [0.15, 0.2) is 47.5 Å². The Kier molecular flexibility index (Phi) is 5.21. The molecule has 0 unspecified atom stereocenters. The van der Waals surface area contributed by atoms with Crippen LogP contribution in [0.4, 0.5) is 0 Å². The molecule has 0 spiro atoms. The number of ether oxygens (including phenoxy) is 1. The van der Waals surface area contributed by atoms with E-state index in [9.17, 15) is 9.59 Å². The highest BCUT2D eigenvalue weighted by Crippen LogP contribution is 2.28. The Morgan fingerprint density at radius 3 is 2.84 bits per heavy atom. The summed E-state index contributed by atoms with van der Waals surface area (Å²) < 4.78 is 7.86. The van der Waals surface area contributed by atoms with Crippen molar-refractivity contribution in [1.29, 1.82) is 0 Å². The van der Waals surface area contributed by atoms with Gasteiger partial charge in [0.25, 0.3) is 11.5 Å². The molecule has 166 valence electrons. The number of aromatic nitrogens is 2. The van der Waals surface area contributed by atoms with Crippen LogP contribution in [-0.4, -0.2) is 40.2 Å². The molecule has 7 heteroatoms. The molecule has 7 nitrogen and oxygen atoms in total. The second-order valence-electron chi connectivity index (χ2n) is 8.91. The number of aryl methyl sites for hydroxylation is 1. The maximum absolute atomic E-state index is 13.4. The first-order chi connectivity index (χ1) is 15.5. The molecule has 1 aromatic heterocycles. The maximum Gasteiger partial charge on any atom is 0.265 e. The Morgan fingerprint density at radius 2 is 2.12 bits per heavy atom. The van der Waals surface area contributed by atoms with Gasteiger partial charge in [0, 0.05) is 24.6 Å². The van der Waals surface area contributed by atoms with Crippen LogP contribution in [-0.2, 0) is 0 Å². The lowest BCUT2D eigenvalue weighted by atomic mass is 9.99. The van der Waals surface area contributed by atoms with Gasteiger partial charge in [0.15, 0.2) is 0 Å². The lowest BCUT2D eigenvalue weighted by molar-refractivity contribution is 0.0860. The molecule has 3 aromatic rings. The summed E-state index contributed by atoms with van der Waals surface area (Å²) in [6, 6.07) is 11.2. The Bertz CT molecular complexity index is 1240. The number of carbonyl (C=O) groups is 1. The number of hydrogen-bond donors (Lipinski definition) is 2. The number of rotatable bonds is 6. The molecule has 1 aliphatic heterocycles. The second-order valence-corrected chi connectivity index (χ2v) is 8.91. The molecule has 1 saturated heterocycles. The number of nitrogens with one attached hydrogen (secondary N) is 2. The summed E-state index contributed by atoms with van der Waals surface area (Å²) in [4.78, 5) is 30.5. The van der Waals surface area contributed by atoms with Crippen LogP contribution >= 0.6 is 0 Å². The van der Waals surface area contributed by atoms with Gasteiger partial charge in [-0.2, -0.15) is 0 Å². The molecule has 1 saturated carbocycles. The summed E-state index contributed by atoms with van der Waals surface area (Å²) in [6.07, 6.45) is 5.42. The van der Waals surface area contributed by atoms with Crippen molar-refractivity contribution >= 4 is 16.8 Å². The molecule has 2 aliphatic rings. The van der Waals surface area contributed by atoms with E-state index in [-0.39, 0.29) is 23.1 Å². The highest BCUT2D eigenvalue weighted by molar-refractivity contribution is 5.95. The standard InChI is InChI=1S/C25H28N4O3/c1-3-25(10-11-26-14-25)32-19-8-9-21-20(13-19)24(31)29(15-27-21)22-12-17(5-4-16(22)2)23(30)28-18-6-7-18/h4-5,8-9,12-13,15,18,26H,3,6-7,10-11,14H2,1-2H3,(H,28,30)/t25-/m0/s1. The van der Waals surface area contributed by atoms with Crippen LogP contribution in [0.25, 0.3) is 16.6 Å². The number of amides is 1. The SMILES string of the molecule is CC[C@]1(Oc2ccc3ncn(-c4cc(C(=O)NC5CC5)ccc4C)c(=O)c3c2)CCNC1. The topological polar surface area (TPSA) is 85.2 Å². The third kappa shape index (κ3) is 3.88. The molecule has 1 atom stereocenters. The summed E-state index contributed by atoms with van der Waals surface area (Å²) in [6.45, 7) is 5.78. The highest BCUT2D eigenvalue weighted by Gasteiger charge is 2.34. The zero-order valence-corrected chi connectivity index (χ0v) is 18.5. The van der Waals surface area contributed by atoms with Gasteiger partial charge in [0.1, 0.15) is 17.7 Å². The zero-order valence-electron chi connectivity index (χ0n) is 18.5. The Morgan fingerprint density at radius 1 is 1.28 bits per heavy atom. The predicted octanol–water partition coefficient (Wildman–Crippen LogP) is 3.11. The van der Waals surface area contributed by atoms with Crippen molar-refractivity contribution in [3.8, 4) is 11.4 Å². The van der Waals surface area contributed by atoms with Crippen molar-refractivity contribution in [2.75, 3.05) is 13.1 Å². The van der Waals surface area contributed by atoms with Crippen LogP contribution < -0.4 is 20.9 Å². The molecule has 1 aliphatic carbocycles. The maximum atomic E-state index is 13.4. The van der Waals surface area contributed by atoms with E-state index < -0.39 is 0 Å². The molecule has 2 fully saturated rings. The van der Waals surface area contributed by atoms with Gasteiger partial charge in [-0.1, -0.05) is 13.0 Å². The third-order valence-corrected chi connectivity index (χ3v) is 6.56. The van der Waals surface area contributed by atoms with Crippen molar-refractivity contribution in [2.24, 2.45) is 0 Å². The molecule has 2 heterocycles. The van der Waals surface area contributed by atoms with Gasteiger partial charge in [-0.05, 0) is 68.6 Å². The Labute approximate surface area is 186 Å². The average Bonchev–Trinajstić information content (AvgIpc) is 3.49. The lowest BCUT2D eigenvalue weighted by Crippen LogP contribution is -2.37. The number of nitrogens with zero attached hydrogens (tertiary/aromatic N) is 2. The monoisotopic (exact) mass is 432 g/mol. The second kappa shape index (κ2) is 8.06. The summed E-state index contributed by atoms with van der Waals surface area (Å²) in [5.74, 6) is 0.565. The van der Waals surface area contributed by atoms with Gasteiger partial charge in [-0.25, -0.2) is 4.98 Å². The van der Waals surface area contributed by atoms with E-state index in [1.54, 1.807) is 18.2 Å². The predicted molar refractivity (Wildman–Crippen MR) is 124 cm³/mol. The van der Waals surface area contributed by atoms with Crippen molar-refractivity contribution in [3.05, 3.63) is 64.2 Å². The minimum Gasteiger partial charge on any atom is -0.486 e. The number of fused-ring (bicyclic) bond motifs is 1. The van der Waals surface area contributed by atoms with Gasteiger partial charge in [-0.3, -0.25) is 14.2 Å². The van der Waals surface area contributed by atoms with Gasteiger partial charge in [0.2, 0.25) is 0 Å². The molecule has 2 aromatic carbocycles. The fourth-order valence-corrected chi connectivity index (χ4v) is 4.27. The summed E-state index contributed by atoms with van der Waals surface area (Å²) in [7, 11) is 0. The highest BCUT2D eigenvalue weighted by atomic mass is 16.5. The van der Waals surface area contributed by atoms with Gasteiger partial charge >= 0.3 is 0 Å². The average molecular weight is 433 g/mol. The first-order valence-electron chi connectivity index (χ1n) is 11.3. The molecule has 5 rings (SSSR count). The smallest absolute Gasteiger partial charge is 0.265 e. The van der Waals surface area contributed by atoms with E-state index in [1.807, 2.05) is 25.1 Å². The van der Waals surface area contributed by atoms with Crippen molar-refractivity contribution in [3.63, 3.8) is 0 Å². The molecule has 1 amide bonds. The molecule has 0 bridgehead atoms. The van der Waals surface area contributed by atoms with E-state index in [0.717, 1.165) is 44.3 Å². The zero-order chi connectivity index (χ0) is 22.3. The minimum absolute atomic E-state index is 0.110. The third-order valence-electron chi connectivity index (χ3n) is 6.56. The summed E-state index contributed by atoms with van der Waals surface area (Å²) in [5.41, 5.74) is 2.29. The largest absolute Gasteiger partial charge is 0.486 e. The van der Waals surface area contributed by atoms with Crippen molar-refractivity contribution < 1.29 is 9.53 Å². The fourth-order valence-electron chi connectivity index (χ4n) is 4.27. The molecule has 0 radical (unpaired) electrons. The first kappa shape index (κ1) is 20.7. The molecule has 2 N–H and O–H groups in total. The van der Waals surface area contributed by atoms with Crippen LogP contribution in [0.1, 0.15) is 48.5 Å². The summed E-state index contributed by atoms with van der Waals surface area (Å²) in [5, 5.41) is 6.86. The number of benzene rings is 2. The minimum atomic E-state index is -0.241. The molecular formula is C25H28N4O3. The Hall–Kier alpha value is -3.19. The van der Waals surface area contributed by atoms with Crippen LogP contribution in [0.3, 0.4) is 0 Å². The van der Waals surface area contributed by atoms with Crippen LogP contribution in [0, 0.1) is 6.92 Å². The molecular weight excluding hydrogens is 404 g/mol. The number of hydrogen-bond acceptors (Lipinski definition) is 5. The number of carbonyl (C=O) groups excluding carboxylic acids is 1. The van der Waals surface area contributed by atoms with E-state index in [0.29, 0.717) is 27.9 Å². The summed E-state index contributed by atoms with van der Waals surface area (Å²) >= 11 is 0.